The van der Waals surface area contributed by atoms with E-state index in [9.17, 15) is 13.2 Å². The van der Waals surface area contributed by atoms with Gasteiger partial charge in [0.05, 0.1) is 5.75 Å². The van der Waals surface area contributed by atoms with Crippen LogP contribution in [0.5, 0.6) is 0 Å². The molecule has 1 aromatic carbocycles. The smallest absolute Gasteiger partial charge is 0.222 e. The largest absolute Gasteiger partial charge is 0.338 e. The summed E-state index contributed by atoms with van der Waals surface area (Å²) >= 11 is 0. The fourth-order valence-corrected chi connectivity index (χ4v) is 5.15. The Hall–Kier alpha value is -1.40. The number of sulfonamides is 1. The van der Waals surface area contributed by atoms with Crippen molar-refractivity contribution in [2.45, 2.75) is 45.6 Å². The second kappa shape index (κ2) is 7.46. The fraction of sp³-hybridized carbons (Fsp3) is 0.632. The molecule has 0 radical (unpaired) electrons. The van der Waals surface area contributed by atoms with Crippen LogP contribution in [0.3, 0.4) is 0 Å². The maximum Gasteiger partial charge on any atom is 0.222 e. The molecule has 138 valence electrons. The van der Waals surface area contributed by atoms with E-state index >= 15 is 0 Å². The highest BCUT2D eigenvalue weighted by Gasteiger charge is 2.39. The first-order valence-electron chi connectivity index (χ1n) is 9.24. The molecular formula is C19H28N2O3S. The van der Waals surface area contributed by atoms with E-state index in [0.29, 0.717) is 26.1 Å². The van der Waals surface area contributed by atoms with Crippen LogP contribution in [0.15, 0.2) is 30.3 Å². The molecule has 0 aromatic heterocycles. The number of carbonyl (C=O) groups excluding carboxylic acids is 1. The van der Waals surface area contributed by atoms with Gasteiger partial charge in [0.15, 0.2) is 0 Å². The van der Waals surface area contributed by atoms with Gasteiger partial charge >= 0.3 is 0 Å². The molecule has 25 heavy (non-hydrogen) atoms. The lowest BCUT2D eigenvalue weighted by atomic mass is 9.73. The van der Waals surface area contributed by atoms with Crippen LogP contribution in [-0.2, 0) is 21.4 Å². The van der Waals surface area contributed by atoms with Gasteiger partial charge in [-0.15, -0.1) is 0 Å². The van der Waals surface area contributed by atoms with E-state index in [2.05, 4.69) is 12.1 Å². The monoisotopic (exact) mass is 364 g/mol. The van der Waals surface area contributed by atoms with Gasteiger partial charge in [-0.2, -0.15) is 0 Å². The number of piperidine rings is 1. The number of benzene rings is 1. The van der Waals surface area contributed by atoms with Crippen LogP contribution in [0.2, 0.25) is 0 Å². The van der Waals surface area contributed by atoms with Crippen LogP contribution in [0.25, 0.3) is 0 Å². The number of hydrogen-bond acceptors (Lipinski definition) is 3. The molecule has 0 unspecified atom stereocenters. The van der Waals surface area contributed by atoms with E-state index in [-0.39, 0.29) is 17.1 Å². The minimum Gasteiger partial charge on any atom is -0.338 e. The average Bonchev–Trinajstić information content (AvgIpc) is 2.78. The van der Waals surface area contributed by atoms with Crippen LogP contribution in [0.1, 0.15) is 44.6 Å². The molecule has 0 atom stereocenters. The molecule has 2 aliphatic heterocycles. The lowest BCUT2D eigenvalue weighted by molar-refractivity contribution is -0.131. The van der Waals surface area contributed by atoms with Crippen molar-refractivity contribution in [3.63, 3.8) is 0 Å². The molecule has 0 aliphatic carbocycles. The van der Waals surface area contributed by atoms with Crippen LogP contribution in [-0.4, -0.2) is 48.9 Å². The Labute approximate surface area is 151 Å². The normalized spacial score (nSPS) is 22.1. The molecule has 2 fully saturated rings. The predicted octanol–water partition coefficient (Wildman–Crippen LogP) is 2.63. The number of amides is 1. The van der Waals surface area contributed by atoms with Crippen LogP contribution >= 0.6 is 0 Å². The molecule has 2 aliphatic rings. The Bertz CT molecular complexity index is 695. The summed E-state index contributed by atoms with van der Waals surface area (Å²) in [6.07, 6.45) is 4.19. The standard InChI is InChI=1S/C19H28N2O3S/c1-2-25(23,24)21-14-11-19(12-15-21)9-8-18(22)20(13-10-19)16-17-6-4-3-5-7-17/h3-7H,2,8-16H2,1H3. The molecule has 2 saturated heterocycles. The van der Waals surface area contributed by atoms with Gasteiger partial charge in [0, 0.05) is 32.6 Å². The Kier molecular flexibility index (Phi) is 5.49. The molecule has 5 nitrogen and oxygen atoms in total. The van der Waals surface area contributed by atoms with Crippen molar-refractivity contribution in [3.05, 3.63) is 35.9 Å². The highest BCUT2D eigenvalue weighted by Crippen LogP contribution is 2.42. The van der Waals surface area contributed by atoms with E-state index < -0.39 is 10.0 Å². The Balaban J connectivity index is 1.62. The van der Waals surface area contributed by atoms with Crippen molar-refractivity contribution in [2.75, 3.05) is 25.4 Å². The minimum atomic E-state index is -3.09. The van der Waals surface area contributed by atoms with Gasteiger partial charge in [0.2, 0.25) is 15.9 Å². The first kappa shape index (κ1) is 18.4. The van der Waals surface area contributed by atoms with Crippen LogP contribution in [0.4, 0.5) is 0 Å². The zero-order valence-corrected chi connectivity index (χ0v) is 15.8. The third kappa shape index (κ3) is 4.23. The summed E-state index contributed by atoms with van der Waals surface area (Å²) in [6.45, 7) is 4.35. The lowest BCUT2D eigenvalue weighted by Crippen LogP contribution is -2.44. The van der Waals surface area contributed by atoms with Gasteiger partial charge < -0.3 is 4.90 Å². The maximum absolute atomic E-state index is 12.5. The van der Waals surface area contributed by atoms with E-state index in [1.165, 1.54) is 0 Å². The van der Waals surface area contributed by atoms with Gasteiger partial charge in [-0.3, -0.25) is 4.79 Å². The molecule has 0 N–H and O–H groups in total. The number of nitrogens with zero attached hydrogens (tertiary/aromatic N) is 2. The quantitative estimate of drug-likeness (QED) is 0.825. The molecule has 6 heteroatoms. The molecule has 1 spiro atoms. The Morgan fingerprint density at radius 2 is 1.64 bits per heavy atom. The molecule has 1 amide bonds. The molecule has 0 bridgehead atoms. The predicted molar refractivity (Wildman–Crippen MR) is 98.4 cm³/mol. The third-order valence-electron chi connectivity index (χ3n) is 5.89. The Morgan fingerprint density at radius 3 is 2.28 bits per heavy atom. The van der Waals surface area contributed by atoms with Crippen molar-refractivity contribution in [1.82, 2.24) is 9.21 Å². The van der Waals surface area contributed by atoms with Crippen LogP contribution < -0.4 is 0 Å². The van der Waals surface area contributed by atoms with Crippen molar-refractivity contribution in [1.29, 1.82) is 0 Å². The highest BCUT2D eigenvalue weighted by molar-refractivity contribution is 7.89. The summed E-state index contributed by atoms with van der Waals surface area (Å²) in [7, 11) is -3.09. The summed E-state index contributed by atoms with van der Waals surface area (Å²) < 4.78 is 25.8. The maximum atomic E-state index is 12.5. The summed E-state index contributed by atoms with van der Waals surface area (Å²) in [5.74, 6) is 0.396. The van der Waals surface area contributed by atoms with E-state index in [0.717, 1.165) is 37.8 Å². The first-order valence-corrected chi connectivity index (χ1v) is 10.8. The number of rotatable bonds is 4. The second-order valence-corrected chi connectivity index (χ2v) is 9.61. The molecule has 0 saturated carbocycles. The van der Waals surface area contributed by atoms with Crippen molar-refractivity contribution < 1.29 is 13.2 Å². The average molecular weight is 365 g/mol. The minimum absolute atomic E-state index is 0.126. The van der Waals surface area contributed by atoms with Gasteiger partial charge in [-0.25, -0.2) is 12.7 Å². The van der Waals surface area contributed by atoms with Crippen LogP contribution in [0, 0.1) is 5.41 Å². The van der Waals surface area contributed by atoms with Crippen molar-refractivity contribution in [3.8, 4) is 0 Å². The van der Waals surface area contributed by atoms with Crippen molar-refractivity contribution >= 4 is 15.9 Å². The molecule has 1 aromatic rings. The van der Waals surface area contributed by atoms with Gasteiger partial charge in [-0.1, -0.05) is 30.3 Å². The molecule has 3 rings (SSSR count). The third-order valence-corrected chi connectivity index (χ3v) is 7.77. The summed E-state index contributed by atoms with van der Waals surface area (Å²) in [6, 6.07) is 10.1. The topological polar surface area (TPSA) is 57.7 Å². The number of hydrogen-bond donors (Lipinski definition) is 0. The van der Waals surface area contributed by atoms with Gasteiger partial charge in [-0.05, 0) is 43.6 Å². The number of carbonyl (C=O) groups is 1. The summed E-state index contributed by atoms with van der Waals surface area (Å²) in [4.78, 5) is 14.5. The number of likely N-dealkylation sites (tertiary alicyclic amines) is 1. The molecule has 2 heterocycles. The van der Waals surface area contributed by atoms with Gasteiger partial charge in [0.1, 0.15) is 0 Å². The van der Waals surface area contributed by atoms with E-state index in [1.807, 2.05) is 23.1 Å². The van der Waals surface area contributed by atoms with Crippen molar-refractivity contribution in [2.24, 2.45) is 5.41 Å². The van der Waals surface area contributed by atoms with E-state index in [4.69, 9.17) is 0 Å². The summed E-state index contributed by atoms with van der Waals surface area (Å²) in [5, 5.41) is 0. The highest BCUT2D eigenvalue weighted by atomic mass is 32.2. The Morgan fingerprint density at radius 1 is 1.00 bits per heavy atom. The van der Waals surface area contributed by atoms with Gasteiger partial charge in [0.25, 0.3) is 0 Å². The zero-order chi connectivity index (χ0) is 17.9. The fourth-order valence-electron chi connectivity index (χ4n) is 4.04. The summed E-state index contributed by atoms with van der Waals surface area (Å²) in [5.41, 5.74) is 1.29. The van der Waals surface area contributed by atoms with E-state index in [1.54, 1.807) is 11.2 Å². The lowest BCUT2D eigenvalue weighted by Gasteiger charge is -2.40. The second-order valence-electron chi connectivity index (χ2n) is 7.35. The SMILES string of the molecule is CCS(=O)(=O)N1CCC2(CCC(=O)N(Cc3ccccc3)CC2)CC1. The molecular weight excluding hydrogens is 336 g/mol. The zero-order valence-electron chi connectivity index (χ0n) is 15.0. The first-order chi connectivity index (χ1) is 11.9.